The summed E-state index contributed by atoms with van der Waals surface area (Å²) in [7, 11) is 0. The molecule has 8 nitrogen and oxygen atoms in total. The summed E-state index contributed by atoms with van der Waals surface area (Å²) < 4.78 is 0. The van der Waals surface area contributed by atoms with Gasteiger partial charge < -0.3 is 15.5 Å². The van der Waals surface area contributed by atoms with Gasteiger partial charge in [0.25, 0.3) is 0 Å². The van der Waals surface area contributed by atoms with Crippen LogP contribution in [0.4, 0.5) is 10.5 Å². The zero-order valence-corrected chi connectivity index (χ0v) is 15.4. The number of carbonyl (C=O) groups excluding carboxylic acids is 2. The van der Waals surface area contributed by atoms with Gasteiger partial charge in [-0.25, -0.2) is 9.78 Å². The molecule has 2 atom stereocenters. The first-order chi connectivity index (χ1) is 13.1. The number of aromatic nitrogens is 3. The Morgan fingerprint density at radius 3 is 3.04 bits per heavy atom. The van der Waals surface area contributed by atoms with E-state index in [0.29, 0.717) is 24.6 Å². The van der Waals surface area contributed by atoms with Crippen molar-refractivity contribution in [1.82, 2.24) is 25.4 Å². The lowest BCUT2D eigenvalue weighted by molar-refractivity contribution is -0.124. The quantitative estimate of drug-likeness (QED) is 0.772. The molecule has 0 spiro atoms. The van der Waals surface area contributed by atoms with E-state index in [1.807, 2.05) is 31.2 Å². The number of carbonyl (C=O) groups is 2. The third-order valence-corrected chi connectivity index (χ3v) is 5.23. The van der Waals surface area contributed by atoms with Crippen LogP contribution in [0.25, 0.3) is 11.4 Å². The molecule has 142 valence electrons. The highest BCUT2D eigenvalue weighted by atomic mass is 16.2. The molecular weight excluding hydrogens is 344 g/mol. The fourth-order valence-corrected chi connectivity index (χ4v) is 3.74. The Hall–Kier alpha value is -2.90. The fourth-order valence-electron chi connectivity index (χ4n) is 3.74. The monoisotopic (exact) mass is 368 g/mol. The minimum absolute atomic E-state index is 0.0443. The molecule has 2 aromatic rings. The van der Waals surface area contributed by atoms with Gasteiger partial charge in [-0.1, -0.05) is 25.5 Å². The van der Waals surface area contributed by atoms with Crippen LogP contribution in [0.3, 0.4) is 0 Å². The molecule has 0 saturated carbocycles. The maximum atomic E-state index is 12.8. The van der Waals surface area contributed by atoms with Crippen LogP contribution in [-0.4, -0.2) is 51.2 Å². The molecule has 2 bridgehead atoms. The van der Waals surface area contributed by atoms with E-state index >= 15 is 0 Å². The topological polar surface area (TPSA) is 103 Å². The molecule has 2 fully saturated rings. The number of hydrogen-bond acceptors (Lipinski definition) is 4. The minimum atomic E-state index is -0.176. The van der Waals surface area contributed by atoms with Crippen LogP contribution in [0.5, 0.6) is 0 Å². The molecule has 0 radical (unpaired) electrons. The van der Waals surface area contributed by atoms with Gasteiger partial charge in [-0.3, -0.25) is 9.89 Å². The molecule has 0 unspecified atom stereocenters. The highest BCUT2D eigenvalue weighted by molar-refractivity contribution is 5.91. The van der Waals surface area contributed by atoms with Crippen molar-refractivity contribution in [3.05, 3.63) is 30.1 Å². The second kappa shape index (κ2) is 7.38. The summed E-state index contributed by atoms with van der Waals surface area (Å²) in [4.78, 5) is 31.1. The Kier molecular flexibility index (Phi) is 4.79. The summed E-state index contributed by atoms with van der Waals surface area (Å²) in [5.41, 5.74) is 1.53. The summed E-state index contributed by atoms with van der Waals surface area (Å²) >= 11 is 0. The zero-order chi connectivity index (χ0) is 18.8. The molecular formula is C19H24N6O2. The van der Waals surface area contributed by atoms with Crippen molar-refractivity contribution in [3.63, 3.8) is 0 Å². The maximum Gasteiger partial charge on any atom is 0.321 e. The number of aromatic amines is 1. The van der Waals surface area contributed by atoms with E-state index in [2.05, 4.69) is 25.8 Å². The van der Waals surface area contributed by atoms with Gasteiger partial charge in [0.05, 0.1) is 5.92 Å². The predicted octanol–water partition coefficient (Wildman–Crippen LogP) is 2.17. The normalized spacial score (nSPS) is 22.1. The second-order valence-electron chi connectivity index (χ2n) is 7.21. The lowest BCUT2D eigenvalue weighted by Gasteiger charge is -2.27. The highest BCUT2D eigenvalue weighted by Gasteiger charge is 2.34. The van der Waals surface area contributed by atoms with Gasteiger partial charge in [0, 0.05) is 36.8 Å². The van der Waals surface area contributed by atoms with Crippen molar-refractivity contribution >= 4 is 17.6 Å². The number of hydrogen-bond donors (Lipinski definition) is 3. The van der Waals surface area contributed by atoms with Crippen LogP contribution in [0.1, 0.15) is 32.0 Å². The first-order valence-corrected chi connectivity index (χ1v) is 9.50. The Labute approximate surface area is 157 Å². The third kappa shape index (κ3) is 3.79. The van der Waals surface area contributed by atoms with Gasteiger partial charge in [-0.15, -0.1) is 0 Å². The summed E-state index contributed by atoms with van der Waals surface area (Å²) in [5.74, 6) is 1.40. The fraction of sp³-hybridized carbons (Fsp3) is 0.474. The molecule has 2 aliphatic heterocycles. The van der Waals surface area contributed by atoms with E-state index in [1.165, 1.54) is 0 Å². The van der Waals surface area contributed by atoms with E-state index in [4.69, 9.17) is 0 Å². The van der Waals surface area contributed by atoms with Crippen molar-refractivity contribution in [2.75, 3.05) is 18.4 Å². The van der Waals surface area contributed by atoms with E-state index < -0.39 is 0 Å². The lowest BCUT2D eigenvalue weighted by atomic mass is 9.99. The number of anilines is 1. The van der Waals surface area contributed by atoms with E-state index in [1.54, 1.807) is 4.90 Å². The average Bonchev–Trinajstić information content (AvgIpc) is 2.99. The van der Waals surface area contributed by atoms with Gasteiger partial charge in [-0.2, -0.15) is 5.10 Å². The molecule has 27 heavy (non-hydrogen) atoms. The Balaban J connectivity index is 1.48. The van der Waals surface area contributed by atoms with E-state index in [0.717, 1.165) is 37.1 Å². The number of likely N-dealkylation sites (tertiary alicyclic amines) is 1. The molecule has 3 heterocycles. The van der Waals surface area contributed by atoms with E-state index in [-0.39, 0.29) is 23.9 Å². The number of rotatable bonds is 3. The summed E-state index contributed by atoms with van der Waals surface area (Å²) in [5, 5.41) is 13.1. The van der Waals surface area contributed by atoms with Crippen molar-refractivity contribution in [2.45, 2.75) is 38.6 Å². The second-order valence-corrected chi connectivity index (χ2v) is 7.21. The molecule has 1 aromatic heterocycles. The third-order valence-electron chi connectivity index (χ3n) is 5.23. The number of amides is 3. The number of nitrogens with zero attached hydrogens (tertiary/aromatic N) is 3. The molecule has 2 saturated heterocycles. The van der Waals surface area contributed by atoms with Crippen molar-refractivity contribution in [1.29, 1.82) is 0 Å². The zero-order valence-electron chi connectivity index (χ0n) is 15.4. The average molecular weight is 368 g/mol. The first kappa shape index (κ1) is 17.5. The van der Waals surface area contributed by atoms with Crippen LogP contribution in [0.2, 0.25) is 0 Å². The SMILES string of the molecule is CCc1nc(-c2cccc(NC(=O)N3C[C@H]4CCC[C@@H](C3)C(=O)N4)c2)n[nH]1. The van der Waals surface area contributed by atoms with Crippen molar-refractivity contribution in [3.8, 4) is 11.4 Å². The Bertz CT molecular complexity index is 848. The number of H-pyrrole nitrogens is 1. The molecule has 3 N–H and O–H groups in total. The van der Waals surface area contributed by atoms with Crippen molar-refractivity contribution in [2.24, 2.45) is 5.92 Å². The summed E-state index contributed by atoms with van der Waals surface area (Å²) in [6, 6.07) is 7.36. The van der Waals surface area contributed by atoms with Gasteiger partial charge in [0.2, 0.25) is 5.91 Å². The number of fused-ring (bicyclic) bond motifs is 3. The standard InChI is InChI=1S/C19H24N6O2/c1-2-16-22-17(24-23-16)12-5-3-7-14(9-12)21-19(27)25-10-13-6-4-8-15(11-25)20-18(13)26/h3,5,7,9,13,15H,2,4,6,8,10-11H2,1H3,(H,20,26)(H,21,27)(H,22,23,24)/t13-,15+/m0/s1. The number of benzene rings is 1. The molecule has 1 aromatic carbocycles. The number of urea groups is 1. The van der Waals surface area contributed by atoms with Gasteiger partial charge in [-0.05, 0) is 25.0 Å². The number of nitrogens with one attached hydrogen (secondary N) is 3. The molecule has 8 heteroatoms. The van der Waals surface area contributed by atoms with Gasteiger partial charge >= 0.3 is 6.03 Å². The molecule has 4 rings (SSSR count). The maximum absolute atomic E-state index is 12.8. The smallest absolute Gasteiger partial charge is 0.321 e. The first-order valence-electron chi connectivity index (χ1n) is 9.50. The molecule has 0 aliphatic carbocycles. The largest absolute Gasteiger partial charge is 0.351 e. The van der Waals surface area contributed by atoms with Crippen molar-refractivity contribution < 1.29 is 9.59 Å². The highest BCUT2D eigenvalue weighted by Crippen LogP contribution is 2.23. The molecule has 2 aliphatic rings. The number of aryl methyl sites for hydroxylation is 1. The van der Waals surface area contributed by atoms with Gasteiger partial charge in [0.1, 0.15) is 5.82 Å². The van der Waals surface area contributed by atoms with Crippen LogP contribution in [0.15, 0.2) is 24.3 Å². The lowest BCUT2D eigenvalue weighted by Crippen LogP contribution is -2.43. The van der Waals surface area contributed by atoms with Gasteiger partial charge in [0.15, 0.2) is 5.82 Å². The summed E-state index contributed by atoms with van der Waals surface area (Å²) in [6.45, 7) is 3.03. The molecule has 3 amide bonds. The minimum Gasteiger partial charge on any atom is -0.351 e. The predicted molar refractivity (Wildman–Crippen MR) is 101 cm³/mol. The Morgan fingerprint density at radius 2 is 2.22 bits per heavy atom. The van der Waals surface area contributed by atoms with E-state index in [9.17, 15) is 9.59 Å². The van der Waals surface area contributed by atoms with Crippen LogP contribution >= 0.6 is 0 Å². The van der Waals surface area contributed by atoms with Crippen LogP contribution in [0, 0.1) is 5.92 Å². The Morgan fingerprint density at radius 1 is 1.33 bits per heavy atom. The van der Waals surface area contributed by atoms with Crippen LogP contribution < -0.4 is 10.6 Å². The van der Waals surface area contributed by atoms with Crippen LogP contribution in [-0.2, 0) is 11.2 Å². The summed E-state index contributed by atoms with van der Waals surface area (Å²) in [6.07, 6.45) is 3.58.